The second-order valence-electron chi connectivity index (χ2n) is 5.27. The van der Waals surface area contributed by atoms with Gasteiger partial charge in [-0.3, -0.25) is 0 Å². The van der Waals surface area contributed by atoms with Crippen LogP contribution >= 0.6 is 0 Å². The minimum absolute atomic E-state index is 0.00516. The second-order valence-corrected chi connectivity index (χ2v) is 5.27. The van der Waals surface area contributed by atoms with E-state index in [0.29, 0.717) is 0 Å². The number of rotatable bonds is 3. The molecule has 0 bridgehead atoms. The van der Waals surface area contributed by atoms with Crippen molar-refractivity contribution in [3.8, 4) is 5.75 Å². The van der Waals surface area contributed by atoms with E-state index in [9.17, 15) is 4.79 Å². The van der Waals surface area contributed by atoms with Crippen molar-refractivity contribution in [2.24, 2.45) is 0 Å². The summed E-state index contributed by atoms with van der Waals surface area (Å²) in [5.41, 5.74) is 1.86. The number of anilines is 1. The van der Waals surface area contributed by atoms with Crippen molar-refractivity contribution in [2.75, 3.05) is 18.4 Å². The molecule has 0 unspecified atom stereocenters. The molecule has 0 radical (unpaired) electrons. The van der Waals surface area contributed by atoms with Gasteiger partial charge < -0.3 is 15.0 Å². The van der Waals surface area contributed by atoms with Crippen LogP contribution in [0.5, 0.6) is 5.75 Å². The number of ether oxygens (including phenoxy) is 1. The Balaban J connectivity index is 2.01. The Hall–Kier alpha value is -1.71. The van der Waals surface area contributed by atoms with E-state index in [1.807, 2.05) is 43.9 Å². The van der Waals surface area contributed by atoms with E-state index in [0.717, 1.165) is 42.9 Å². The molecule has 1 aliphatic rings. The zero-order chi connectivity index (χ0) is 13.8. The van der Waals surface area contributed by atoms with Crippen LogP contribution in [0.1, 0.15) is 32.3 Å². The van der Waals surface area contributed by atoms with E-state index in [4.69, 9.17) is 4.74 Å². The molecule has 19 heavy (non-hydrogen) atoms. The molecule has 2 rings (SSSR count). The van der Waals surface area contributed by atoms with Crippen molar-refractivity contribution >= 4 is 11.7 Å². The Kier molecular flexibility index (Phi) is 4.30. The van der Waals surface area contributed by atoms with Crippen molar-refractivity contribution < 1.29 is 9.53 Å². The monoisotopic (exact) mass is 262 g/mol. The fourth-order valence-electron chi connectivity index (χ4n) is 2.24. The van der Waals surface area contributed by atoms with Gasteiger partial charge in [0.15, 0.2) is 0 Å². The Morgan fingerprint density at radius 3 is 2.58 bits per heavy atom. The van der Waals surface area contributed by atoms with Gasteiger partial charge >= 0.3 is 6.03 Å². The SMILES string of the molecule is Cc1cc(NC(=O)N2CCCC2)ccc1OC(C)C. The molecule has 0 saturated carbocycles. The number of hydrogen-bond donors (Lipinski definition) is 1. The van der Waals surface area contributed by atoms with Crippen LogP contribution in [0, 0.1) is 6.92 Å². The van der Waals surface area contributed by atoms with Crippen LogP contribution in [0.3, 0.4) is 0 Å². The lowest BCUT2D eigenvalue weighted by atomic mass is 10.2. The van der Waals surface area contributed by atoms with Crippen LogP contribution in [0.15, 0.2) is 18.2 Å². The van der Waals surface area contributed by atoms with E-state index in [1.54, 1.807) is 0 Å². The summed E-state index contributed by atoms with van der Waals surface area (Å²) in [5.74, 6) is 0.870. The summed E-state index contributed by atoms with van der Waals surface area (Å²) in [6, 6.07) is 5.74. The number of benzene rings is 1. The molecule has 1 aliphatic heterocycles. The molecule has 1 fully saturated rings. The van der Waals surface area contributed by atoms with Gasteiger partial charge in [-0.1, -0.05) is 0 Å². The van der Waals surface area contributed by atoms with Crippen LogP contribution in [-0.2, 0) is 0 Å². The Morgan fingerprint density at radius 1 is 1.32 bits per heavy atom. The predicted molar refractivity (Wildman–Crippen MR) is 76.8 cm³/mol. The number of carbonyl (C=O) groups excluding carboxylic acids is 1. The highest BCUT2D eigenvalue weighted by atomic mass is 16.5. The van der Waals surface area contributed by atoms with E-state index < -0.39 is 0 Å². The number of urea groups is 1. The maximum absolute atomic E-state index is 12.0. The number of likely N-dealkylation sites (tertiary alicyclic amines) is 1. The number of nitrogens with zero attached hydrogens (tertiary/aromatic N) is 1. The highest BCUT2D eigenvalue weighted by Gasteiger charge is 2.17. The van der Waals surface area contributed by atoms with Gasteiger partial charge in [-0.05, 0) is 57.4 Å². The van der Waals surface area contributed by atoms with Crippen molar-refractivity contribution in [1.82, 2.24) is 4.90 Å². The summed E-state index contributed by atoms with van der Waals surface area (Å²) in [5, 5.41) is 2.94. The van der Waals surface area contributed by atoms with Gasteiger partial charge in [0.05, 0.1) is 6.10 Å². The van der Waals surface area contributed by atoms with Crippen LogP contribution in [-0.4, -0.2) is 30.1 Å². The third kappa shape index (κ3) is 3.63. The van der Waals surface area contributed by atoms with E-state index in [-0.39, 0.29) is 12.1 Å². The Morgan fingerprint density at radius 2 is 2.00 bits per heavy atom. The summed E-state index contributed by atoms with van der Waals surface area (Å²) >= 11 is 0. The minimum Gasteiger partial charge on any atom is -0.491 e. The standard InChI is InChI=1S/C15H22N2O2/c1-11(2)19-14-7-6-13(10-12(14)3)16-15(18)17-8-4-5-9-17/h6-7,10-11H,4-5,8-9H2,1-3H3,(H,16,18). The zero-order valence-electron chi connectivity index (χ0n) is 11.9. The third-order valence-corrected chi connectivity index (χ3v) is 3.18. The molecule has 1 N–H and O–H groups in total. The number of aryl methyl sites for hydroxylation is 1. The summed E-state index contributed by atoms with van der Waals surface area (Å²) in [4.78, 5) is 13.8. The largest absolute Gasteiger partial charge is 0.491 e. The molecule has 0 spiro atoms. The predicted octanol–water partition coefficient (Wildman–Crippen LogP) is 3.41. The number of nitrogens with one attached hydrogen (secondary N) is 1. The van der Waals surface area contributed by atoms with Crippen LogP contribution < -0.4 is 10.1 Å². The second kappa shape index (κ2) is 5.95. The van der Waals surface area contributed by atoms with Crippen molar-refractivity contribution in [3.63, 3.8) is 0 Å². The molecule has 1 aromatic rings. The highest BCUT2D eigenvalue weighted by molar-refractivity contribution is 5.89. The topological polar surface area (TPSA) is 41.6 Å². The zero-order valence-corrected chi connectivity index (χ0v) is 11.9. The molecule has 0 aromatic heterocycles. The average Bonchev–Trinajstić information content (AvgIpc) is 2.86. The molecular weight excluding hydrogens is 240 g/mol. The lowest BCUT2D eigenvalue weighted by Gasteiger charge is -2.17. The normalized spacial score (nSPS) is 14.8. The van der Waals surface area contributed by atoms with E-state index in [1.165, 1.54) is 0 Å². The third-order valence-electron chi connectivity index (χ3n) is 3.18. The molecule has 1 aromatic carbocycles. The summed E-state index contributed by atoms with van der Waals surface area (Å²) in [7, 11) is 0. The molecule has 1 heterocycles. The smallest absolute Gasteiger partial charge is 0.321 e. The van der Waals surface area contributed by atoms with Gasteiger partial charge in [0.2, 0.25) is 0 Å². The first-order valence-electron chi connectivity index (χ1n) is 6.89. The van der Waals surface area contributed by atoms with Gasteiger partial charge in [0, 0.05) is 18.8 Å². The first-order valence-corrected chi connectivity index (χ1v) is 6.89. The van der Waals surface area contributed by atoms with E-state index in [2.05, 4.69) is 5.32 Å². The quantitative estimate of drug-likeness (QED) is 0.907. The molecule has 2 amide bonds. The minimum atomic E-state index is -0.00516. The first-order chi connectivity index (χ1) is 9.06. The maximum Gasteiger partial charge on any atom is 0.321 e. The van der Waals surface area contributed by atoms with E-state index >= 15 is 0 Å². The molecule has 104 valence electrons. The Bertz CT molecular complexity index is 451. The van der Waals surface area contributed by atoms with Crippen LogP contribution in [0.4, 0.5) is 10.5 Å². The fraction of sp³-hybridized carbons (Fsp3) is 0.533. The summed E-state index contributed by atoms with van der Waals surface area (Å²) < 4.78 is 5.68. The Labute approximate surface area is 114 Å². The first kappa shape index (κ1) is 13.7. The fourth-order valence-corrected chi connectivity index (χ4v) is 2.24. The van der Waals surface area contributed by atoms with Gasteiger partial charge in [0.1, 0.15) is 5.75 Å². The average molecular weight is 262 g/mol. The van der Waals surface area contributed by atoms with Gasteiger partial charge in [-0.15, -0.1) is 0 Å². The highest BCUT2D eigenvalue weighted by Crippen LogP contribution is 2.23. The molecule has 0 atom stereocenters. The number of amides is 2. The van der Waals surface area contributed by atoms with Crippen molar-refractivity contribution in [2.45, 2.75) is 39.7 Å². The van der Waals surface area contributed by atoms with Gasteiger partial charge in [0.25, 0.3) is 0 Å². The van der Waals surface area contributed by atoms with Crippen LogP contribution in [0.25, 0.3) is 0 Å². The number of carbonyl (C=O) groups is 1. The maximum atomic E-state index is 12.0. The molecular formula is C15H22N2O2. The van der Waals surface area contributed by atoms with Crippen molar-refractivity contribution in [1.29, 1.82) is 0 Å². The summed E-state index contributed by atoms with van der Waals surface area (Å²) in [6.07, 6.45) is 2.37. The molecule has 1 saturated heterocycles. The lowest BCUT2D eigenvalue weighted by molar-refractivity contribution is 0.222. The lowest BCUT2D eigenvalue weighted by Crippen LogP contribution is -2.32. The van der Waals surface area contributed by atoms with Gasteiger partial charge in [-0.2, -0.15) is 0 Å². The van der Waals surface area contributed by atoms with Crippen molar-refractivity contribution in [3.05, 3.63) is 23.8 Å². The number of hydrogen-bond acceptors (Lipinski definition) is 2. The van der Waals surface area contributed by atoms with Gasteiger partial charge in [-0.25, -0.2) is 4.79 Å². The molecule has 0 aliphatic carbocycles. The molecule has 4 nitrogen and oxygen atoms in total. The van der Waals surface area contributed by atoms with Crippen LogP contribution in [0.2, 0.25) is 0 Å². The summed E-state index contributed by atoms with van der Waals surface area (Å²) in [6.45, 7) is 7.72. The molecule has 4 heteroatoms.